The van der Waals surface area contributed by atoms with Crippen LogP contribution in [-0.2, 0) is 0 Å². The summed E-state index contributed by atoms with van der Waals surface area (Å²) in [5.41, 5.74) is 8.16. The van der Waals surface area contributed by atoms with Crippen molar-refractivity contribution >= 4 is 5.69 Å². The lowest BCUT2D eigenvalue weighted by molar-refractivity contribution is 0.130. The Morgan fingerprint density at radius 2 is 1.93 bits per heavy atom. The molecule has 0 radical (unpaired) electrons. The largest absolute Gasteiger partial charge is 0.507 e. The first-order valence-electron chi connectivity index (χ1n) is 9.54. The lowest BCUT2D eigenvalue weighted by Gasteiger charge is -2.28. The van der Waals surface area contributed by atoms with Crippen LogP contribution in [0, 0.1) is 0 Å². The van der Waals surface area contributed by atoms with Gasteiger partial charge in [0.15, 0.2) is 0 Å². The van der Waals surface area contributed by atoms with Crippen molar-refractivity contribution in [1.29, 1.82) is 0 Å². The van der Waals surface area contributed by atoms with Crippen LogP contribution in [0.15, 0.2) is 42.7 Å². The Bertz CT molecular complexity index is 975. The van der Waals surface area contributed by atoms with Gasteiger partial charge < -0.3 is 20.9 Å². The van der Waals surface area contributed by atoms with Gasteiger partial charge in [0.25, 0.3) is 0 Å². The number of hydrogen-bond acceptors (Lipinski definition) is 7. The molecule has 2 aliphatic heterocycles. The van der Waals surface area contributed by atoms with Crippen molar-refractivity contribution in [3.05, 3.63) is 42.7 Å². The quantitative estimate of drug-likeness (QED) is 0.639. The number of rotatable bonds is 4. The summed E-state index contributed by atoms with van der Waals surface area (Å²) < 4.78 is 7.64. The Kier molecular flexibility index (Phi) is 4.12. The summed E-state index contributed by atoms with van der Waals surface area (Å²) in [6.45, 7) is 0. The third-order valence-electron chi connectivity index (χ3n) is 5.48. The Labute approximate surface area is 162 Å². The van der Waals surface area contributed by atoms with E-state index in [1.165, 1.54) is 12.8 Å². The summed E-state index contributed by atoms with van der Waals surface area (Å²) in [5.74, 6) is 0.627. The number of nitrogens with zero attached hydrogens (tertiary/aromatic N) is 4. The average Bonchev–Trinajstić information content (AvgIpc) is 3.27. The molecule has 0 amide bonds. The van der Waals surface area contributed by atoms with E-state index in [4.69, 9.17) is 10.5 Å². The van der Waals surface area contributed by atoms with Crippen LogP contribution in [0.2, 0.25) is 0 Å². The molecule has 2 fully saturated rings. The Hall–Kier alpha value is -3.13. The molecule has 3 atom stereocenters. The molecule has 2 bridgehead atoms. The molecule has 2 aliphatic rings. The first-order valence-corrected chi connectivity index (χ1v) is 9.54. The van der Waals surface area contributed by atoms with Crippen LogP contribution in [0.3, 0.4) is 0 Å². The molecule has 2 aromatic heterocycles. The normalized spacial score (nSPS) is 23.6. The van der Waals surface area contributed by atoms with Crippen molar-refractivity contribution in [3.63, 3.8) is 0 Å². The summed E-state index contributed by atoms with van der Waals surface area (Å²) in [7, 11) is 0. The van der Waals surface area contributed by atoms with Crippen LogP contribution in [-0.4, -0.2) is 43.3 Å². The van der Waals surface area contributed by atoms with Gasteiger partial charge in [0.05, 0.1) is 29.5 Å². The fourth-order valence-electron chi connectivity index (χ4n) is 4.16. The van der Waals surface area contributed by atoms with E-state index in [1.54, 1.807) is 29.2 Å². The Morgan fingerprint density at radius 3 is 2.57 bits per heavy atom. The number of benzene rings is 1. The standard InChI is InChI=1S/C20H22N6O2/c21-12-10-22-26(11-12)15-3-4-17(19(27)9-15)18-5-6-20(25-24-18)28-16-7-13-1-2-14(8-16)23-13/h3-6,9-11,13-14,16,23,27H,1-2,7-8,21H2/t13-,14+,16+. The highest BCUT2D eigenvalue weighted by Gasteiger charge is 2.34. The van der Waals surface area contributed by atoms with E-state index in [1.807, 2.05) is 18.2 Å². The van der Waals surface area contributed by atoms with Gasteiger partial charge in [-0.1, -0.05) is 0 Å². The zero-order valence-corrected chi connectivity index (χ0v) is 15.3. The SMILES string of the molecule is Nc1cnn(-c2ccc(-c3ccc(O[C@H]4C[C@H]5CC[C@@H](C4)N5)nn3)c(O)c2)c1. The minimum atomic E-state index is 0.101. The van der Waals surface area contributed by atoms with E-state index in [9.17, 15) is 5.11 Å². The molecule has 5 rings (SSSR count). The van der Waals surface area contributed by atoms with Crippen LogP contribution in [0.1, 0.15) is 25.7 Å². The minimum absolute atomic E-state index is 0.101. The van der Waals surface area contributed by atoms with Crippen LogP contribution in [0.4, 0.5) is 5.69 Å². The van der Waals surface area contributed by atoms with Gasteiger partial charge in [0.1, 0.15) is 11.9 Å². The predicted octanol–water partition coefficient (Wildman–Crippen LogP) is 2.28. The molecule has 144 valence electrons. The zero-order chi connectivity index (χ0) is 19.1. The fraction of sp³-hybridized carbons (Fsp3) is 0.350. The van der Waals surface area contributed by atoms with Crippen molar-refractivity contribution in [2.75, 3.05) is 5.73 Å². The molecule has 4 N–H and O–H groups in total. The van der Waals surface area contributed by atoms with Crippen molar-refractivity contribution in [2.45, 2.75) is 43.9 Å². The molecule has 2 saturated heterocycles. The van der Waals surface area contributed by atoms with Crippen molar-refractivity contribution < 1.29 is 9.84 Å². The number of hydrogen-bond donors (Lipinski definition) is 3. The topological polar surface area (TPSA) is 111 Å². The van der Waals surface area contributed by atoms with Crippen molar-refractivity contribution in [1.82, 2.24) is 25.3 Å². The van der Waals surface area contributed by atoms with Crippen molar-refractivity contribution in [2.24, 2.45) is 0 Å². The van der Waals surface area contributed by atoms with Gasteiger partial charge in [-0.2, -0.15) is 5.10 Å². The van der Waals surface area contributed by atoms with E-state index in [-0.39, 0.29) is 11.9 Å². The maximum absolute atomic E-state index is 10.4. The zero-order valence-electron chi connectivity index (χ0n) is 15.3. The molecule has 8 heteroatoms. The number of phenols is 1. The number of aromatic hydroxyl groups is 1. The second-order valence-electron chi connectivity index (χ2n) is 7.53. The van der Waals surface area contributed by atoms with Crippen LogP contribution < -0.4 is 15.8 Å². The van der Waals surface area contributed by atoms with E-state index in [0.717, 1.165) is 12.8 Å². The molecule has 8 nitrogen and oxygen atoms in total. The Morgan fingerprint density at radius 1 is 1.11 bits per heavy atom. The van der Waals surface area contributed by atoms with Crippen LogP contribution in [0.25, 0.3) is 16.9 Å². The number of nitrogens with two attached hydrogens (primary N) is 1. The van der Waals surface area contributed by atoms with E-state index < -0.39 is 0 Å². The number of nitrogens with one attached hydrogen (secondary N) is 1. The molecule has 28 heavy (non-hydrogen) atoms. The average molecular weight is 378 g/mol. The molecular weight excluding hydrogens is 356 g/mol. The Balaban J connectivity index is 1.31. The molecule has 1 aromatic carbocycles. The molecule has 4 heterocycles. The van der Waals surface area contributed by atoms with E-state index >= 15 is 0 Å². The molecular formula is C20H22N6O2. The van der Waals surface area contributed by atoms with Gasteiger partial charge in [0.2, 0.25) is 5.88 Å². The summed E-state index contributed by atoms with van der Waals surface area (Å²) in [4.78, 5) is 0. The number of ether oxygens (including phenoxy) is 1. The molecule has 0 unspecified atom stereocenters. The number of piperidine rings is 1. The summed E-state index contributed by atoms with van der Waals surface area (Å²) in [6, 6.07) is 10.0. The van der Waals surface area contributed by atoms with E-state index in [2.05, 4.69) is 20.6 Å². The second kappa shape index (κ2) is 6.79. The van der Waals surface area contributed by atoms with Crippen LogP contribution in [0.5, 0.6) is 11.6 Å². The molecule has 0 spiro atoms. The lowest BCUT2D eigenvalue weighted by Crippen LogP contribution is -2.42. The third kappa shape index (κ3) is 3.27. The van der Waals surface area contributed by atoms with Crippen molar-refractivity contribution in [3.8, 4) is 28.6 Å². The van der Waals surface area contributed by atoms with Gasteiger partial charge >= 0.3 is 0 Å². The maximum atomic E-state index is 10.4. The summed E-state index contributed by atoms with van der Waals surface area (Å²) in [6.07, 6.45) is 7.93. The first kappa shape index (κ1) is 17.0. The number of fused-ring (bicyclic) bond motifs is 2. The minimum Gasteiger partial charge on any atom is -0.507 e. The highest BCUT2D eigenvalue weighted by atomic mass is 16.5. The molecule has 0 aliphatic carbocycles. The smallest absolute Gasteiger partial charge is 0.233 e. The van der Waals surface area contributed by atoms with Gasteiger partial charge in [-0.05, 0) is 43.9 Å². The predicted molar refractivity (Wildman–Crippen MR) is 104 cm³/mol. The van der Waals surface area contributed by atoms with E-state index in [0.29, 0.717) is 40.6 Å². The maximum Gasteiger partial charge on any atom is 0.233 e. The number of anilines is 1. The third-order valence-corrected chi connectivity index (χ3v) is 5.48. The summed E-state index contributed by atoms with van der Waals surface area (Å²) in [5, 5.41) is 26.6. The van der Waals surface area contributed by atoms with Gasteiger partial charge in [-0.15, -0.1) is 10.2 Å². The number of nitrogen functional groups attached to an aromatic ring is 1. The molecule has 3 aromatic rings. The highest BCUT2D eigenvalue weighted by molar-refractivity contribution is 5.68. The van der Waals surface area contributed by atoms with Gasteiger partial charge in [-0.25, -0.2) is 4.68 Å². The fourth-order valence-corrected chi connectivity index (χ4v) is 4.16. The second-order valence-corrected chi connectivity index (χ2v) is 7.53. The molecule has 0 saturated carbocycles. The monoisotopic (exact) mass is 378 g/mol. The first-order chi connectivity index (χ1) is 13.6. The lowest BCUT2D eigenvalue weighted by atomic mass is 10.0. The van der Waals surface area contributed by atoms with Gasteiger partial charge in [0, 0.05) is 29.8 Å². The number of phenolic OH excluding ortho intramolecular Hbond substituents is 1. The van der Waals surface area contributed by atoms with Gasteiger partial charge in [-0.3, -0.25) is 0 Å². The van der Waals surface area contributed by atoms with Crippen LogP contribution >= 0.6 is 0 Å². The summed E-state index contributed by atoms with van der Waals surface area (Å²) >= 11 is 0. The highest BCUT2D eigenvalue weighted by Crippen LogP contribution is 2.31. The number of aromatic nitrogens is 4.